The van der Waals surface area contributed by atoms with Crippen molar-refractivity contribution in [2.24, 2.45) is 0 Å². The minimum absolute atomic E-state index is 0.112. The number of amides is 1. The summed E-state index contributed by atoms with van der Waals surface area (Å²) in [6.07, 6.45) is -0.353. The molecule has 0 aliphatic rings. The van der Waals surface area contributed by atoms with Gasteiger partial charge in [-0.3, -0.25) is 4.79 Å². The number of nitrogens with one attached hydrogen (secondary N) is 1. The Morgan fingerprint density at radius 2 is 1.77 bits per heavy atom. The number of carbonyl (C=O) groups is 3. The van der Waals surface area contributed by atoms with Crippen LogP contribution in [-0.4, -0.2) is 31.1 Å². The van der Waals surface area contributed by atoms with Gasteiger partial charge in [-0.25, -0.2) is 9.59 Å². The first-order chi connectivity index (χ1) is 10.5. The zero-order valence-electron chi connectivity index (χ0n) is 12.5. The van der Waals surface area contributed by atoms with Crippen LogP contribution in [0.4, 0.5) is 5.00 Å². The van der Waals surface area contributed by atoms with Crippen molar-refractivity contribution in [1.29, 1.82) is 5.26 Å². The average molecular weight is 324 g/mol. The van der Waals surface area contributed by atoms with E-state index in [1.54, 1.807) is 26.8 Å². The summed E-state index contributed by atoms with van der Waals surface area (Å²) < 4.78 is 9.87. The van der Waals surface area contributed by atoms with Crippen molar-refractivity contribution in [3.8, 4) is 6.07 Å². The summed E-state index contributed by atoms with van der Waals surface area (Å²) >= 11 is 0.926. The van der Waals surface area contributed by atoms with Gasteiger partial charge in [0.1, 0.15) is 16.3 Å². The Balaban J connectivity index is 3.25. The number of carbonyl (C=O) groups excluding carboxylic acids is 3. The first kappa shape index (κ1) is 17.7. The van der Waals surface area contributed by atoms with Crippen LogP contribution in [0.3, 0.4) is 0 Å². The molecule has 0 aliphatic carbocycles. The number of anilines is 1. The second-order valence-corrected chi connectivity index (χ2v) is 5.10. The maximum Gasteiger partial charge on any atom is 0.348 e. The van der Waals surface area contributed by atoms with Crippen LogP contribution in [0.15, 0.2) is 0 Å². The number of rotatable bonds is 6. The average Bonchev–Trinajstić information content (AvgIpc) is 2.76. The Kier molecular flexibility index (Phi) is 6.53. The first-order valence-electron chi connectivity index (χ1n) is 6.60. The molecule has 0 atom stereocenters. The lowest BCUT2D eigenvalue weighted by Crippen LogP contribution is -2.14. The maximum atomic E-state index is 12.0. The summed E-state index contributed by atoms with van der Waals surface area (Å²) in [6.45, 7) is 5.26. The van der Waals surface area contributed by atoms with Crippen LogP contribution < -0.4 is 5.32 Å². The van der Waals surface area contributed by atoms with E-state index in [1.165, 1.54) is 0 Å². The molecule has 1 amide bonds. The second-order valence-electron chi connectivity index (χ2n) is 4.08. The lowest BCUT2D eigenvalue weighted by Gasteiger charge is -2.05. The van der Waals surface area contributed by atoms with Gasteiger partial charge in [0.05, 0.1) is 24.8 Å². The molecule has 0 fully saturated rings. The third-order valence-corrected chi connectivity index (χ3v) is 3.77. The second kappa shape index (κ2) is 8.14. The van der Waals surface area contributed by atoms with Crippen molar-refractivity contribution in [2.45, 2.75) is 27.2 Å². The number of nitriles is 1. The SMILES string of the molecule is CCOC(=O)c1sc(NC(=O)CC#N)c(C(=O)OCC)c1C. The monoisotopic (exact) mass is 324 g/mol. The van der Waals surface area contributed by atoms with Gasteiger partial charge in [0.25, 0.3) is 0 Å². The van der Waals surface area contributed by atoms with E-state index in [9.17, 15) is 14.4 Å². The molecule has 8 heteroatoms. The Morgan fingerprint density at radius 3 is 2.32 bits per heavy atom. The van der Waals surface area contributed by atoms with Crippen LogP contribution in [-0.2, 0) is 14.3 Å². The molecule has 0 radical (unpaired) electrons. The summed E-state index contributed by atoms with van der Waals surface area (Å²) in [4.78, 5) is 35.7. The van der Waals surface area contributed by atoms with Crippen LogP contribution in [0.2, 0.25) is 0 Å². The van der Waals surface area contributed by atoms with E-state index in [0.29, 0.717) is 5.56 Å². The summed E-state index contributed by atoms with van der Waals surface area (Å²) in [6, 6.07) is 1.71. The molecule has 0 spiro atoms. The molecule has 1 N–H and O–H groups in total. The largest absolute Gasteiger partial charge is 0.462 e. The highest BCUT2D eigenvalue weighted by molar-refractivity contribution is 7.18. The fourth-order valence-electron chi connectivity index (χ4n) is 1.68. The number of nitrogens with zero attached hydrogens (tertiary/aromatic N) is 1. The Bertz CT molecular complexity index is 630. The van der Waals surface area contributed by atoms with Crippen molar-refractivity contribution in [3.63, 3.8) is 0 Å². The van der Waals surface area contributed by atoms with Gasteiger partial charge in [-0.05, 0) is 26.3 Å². The fourth-order valence-corrected chi connectivity index (χ4v) is 2.79. The fraction of sp³-hybridized carbons (Fsp3) is 0.429. The number of esters is 2. The molecule has 0 bridgehead atoms. The molecule has 0 saturated heterocycles. The number of thiophene rings is 1. The van der Waals surface area contributed by atoms with E-state index >= 15 is 0 Å². The third-order valence-electron chi connectivity index (χ3n) is 2.58. The van der Waals surface area contributed by atoms with Gasteiger partial charge in [0.2, 0.25) is 5.91 Å². The maximum absolute atomic E-state index is 12.0. The Labute approximate surface area is 131 Å². The summed E-state index contributed by atoms with van der Waals surface area (Å²) in [5.74, 6) is -1.78. The molecule has 1 rings (SSSR count). The van der Waals surface area contributed by atoms with Gasteiger partial charge in [0, 0.05) is 0 Å². The topological polar surface area (TPSA) is 105 Å². The molecule has 0 saturated carbocycles. The van der Waals surface area contributed by atoms with Crippen LogP contribution >= 0.6 is 11.3 Å². The van der Waals surface area contributed by atoms with Gasteiger partial charge in [0.15, 0.2) is 0 Å². The van der Waals surface area contributed by atoms with Crippen LogP contribution in [0.1, 0.15) is 45.9 Å². The summed E-state index contributed by atoms with van der Waals surface area (Å²) in [5, 5.41) is 11.2. The molecular formula is C14H16N2O5S. The minimum atomic E-state index is -0.640. The van der Waals surface area contributed by atoms with Crippen molar-refractivity contribution in [1.82, 2.24) is 0 Å². The number of hydrogen-bond donors (Lipinski definition) is 1. The predicted octanol–water partition coefficient (Wildman–Crippen LogP) is 2.26. The van der Waals surface area contributed by atoms with E-state index in [-0.39, 0.29) is 35.1 Å². The highest BCUT2D eigenvalue weighted by atomic mass is 32.1. The van der Waals surface area contributed by atoms with Gasteiger partial charge >= 0.3 is 11.9 Å². The first-order valence-corrected chi connectivity index (χ1v) is 7.42. The van der Waals surface area contributed by atoms with Gasteiger partial charge in [-0.1, -0.05) is 0 Å². The Hall–Kier alpha value is -2.40. The normalized spacial score (nSPS) is 9.73. The van der Waals surface area contributed by atoms with E-state index in [0.717, 1.165) is 11.3 Å². The number of hydrogen-bond acceptors (Lipinski definition) is 7. The van der Waals surface area contributed by atoms with Gasteiger partial charge in [-0.2, -0.15) is 5.26 Å². The Morgan fingerprint density at radius 1 is 1.18 bits per heavy atom. The van der Waals surface area contributed by atoms with Crippen molar-refractivity contribution < 1.29 is 23.9 Å². The smallest absolute Gasteiger partial charge is 0.348 e. The van der Waals surface area contributed by atoms with E-state index in [2.05, 4.69) is 5.32 Å². The quantitative estimate of drug-likeness (QED) is 0.805. The zero-order valence-corrected chi connectivity index (χ0v) is 13.3. The van der Waals surface area contributed by atoms with Crippen LogP contribution in [0.25, 0.3) is 0 Å². The highest BCUT2D eigenvalue weighted by Gasteiger charge is 2.27. The van der Waals surface area contributed by atoms with Crippen LogP contribution in [0.5, 0.6) is 0 Å². The molecule has 118 valence electrons. The highest BCUT2D eigenvalue weighted by Crippen LogP contribution is 2.34. The third kappa shape index (κ3) is 4.05. The summed E-state index contributed by atoms with van der Waals surface area (Å²) in [7, 11) is 0. The molecule has 22 heavy (non-hydrogen) atoms. The lowest BCUT2D eigenvalue weighted by atomic mass is 10.1. The minimum Gasteiger partial charge on any atom is -0.462 e. The van der Waals surface area contributed by atoms with Crippen LogP contribution in [0, 0.1) is 18.3 Å². The van der Waals surface area contributed by atoms with E-state index in [1.807, 2.05) is 0 Å². The lowest BCUT2D eigenvalue weighted by molar-refractivity contribution is -0.115. The van der Waals surface area contributed by atoms with Crippen molar-refractivity contribution in [3.05, 3.63) is 16.0 Å². The van der Waals surface area contributed by atoms with E-state index < -0.39 is 17.8 Å². The molecule has 1 aromatic heterocycles. The molecule has 0 unspecified atom stereocenters. The molecule has 1 aromatic rings. The molecule has 0 aliphatic heterocycles. The van der Waals surface area contributed by atoms with E-state index in [4.69, 9.17) is 14.7 Å². The molecule has 7 nitrogen and oxygen atoms in total. The van der Waals surface area contributed by atoms with Crippen molar-refractivity contribution >= 4 is 34.2 Å². The van der Waals surface area contributed by atoms with Gasteiger partial charge < -0.3 is 14.8 Å². The number of ether oxygens (including phenoxy) is 2. The van der Waals surface area contributed by atoms with Gasteiger partial charge in [-0.15, -0.1) is 11.3 Å². The van der Waals surface area contributed by atoms with Crippen molar-refractivity contribution in [2.75, 3.05) is 18.5 Å². The molecule has 0 aromatic carbocycles. The predicted molar refractivity (Wildman–Crippen MR) is 79.8 cm³/mol. The molecular weight excluding hydrogens is 308 g/mol. The summed E-state index contributed by atoms with van der Waals surface area (Å²) in [5.41, 5.74) is 0.496. The molecule has 1 heterocycles. The zero-order chi connectivity index (χ0) is 16.7. The standard InChI is InChI=1S/C14H16N2O5S/c1-4-20-13(18)10-8(3)11(14(19)21-5-2)22-12(10)16-9(17)6-7-15/h4-6H2,1-3H3,(H,16,17).